The quantitative estimate of drug-likeness (QED) is 0.898. The number of hydrogen-bond donors (Lipinski definition) is 1. The summed E-state index contributed by atoms with van der Waals surface area (Å²) in [5.41, 5.74) is 6.60. The Balaban J connectivity index is 1.47. The second-order valence-electron chi connectivity index (χ2n) is 8.10. The molecule has 0 bridgehead atoms. The molecule has 3 heterocycles. The lowest BCUT2D eigenvalue weighted by atomic mass is 9.73. The molecule has 134 valence electrons. The summed E-state index contributed by atoms with van der Waals surface area (Å²) in [4.78, 5) is 33.1. The van der Waals surface area contributed by atoms with Gasteiger partial charge < -0.3 is 15.5 Å². The summed E-state index contributed by atoms with van der Waals surface area (Å²) in [5, 5.41) is 0. The van der Waals surface area contributed by atoms with Crippen molar-refractivity contribution in [2.45, 2.75) is 50.6 Å². The van der Waals surface area contributed by atoms with Crippen molar-refractivity contribution in [3.8, 4) is 0 Å². The molecule has 0 unspecified atom stereocenters. The average Bonchev–Trinajstić information content (AvgIpc) is 3.38. The Labute approximate surface area is 148 Å². The number of carbonyl (C=O) groups is 2. The molecule has 3 aliphatic rings. The minimum absolute atomic E-state index is 0.0231. The van der Waals surface area contributed by atoms with E-state index >= 15 is 0 Å². The fourth-order valence-electron chi connectivity index (χ4n) is 4.34. The molecule has 4 rings (SSSR count). The van der Waals surface area contributed by atoms with Crippen LogP contribution in [-0.4, -0.2) is 51.8 Å². The van der Waals surface area contributed by atoms with Gasteiger partial charge in [-0.15, -0.1) is 0 Å². The van der Waals surface area contributed by atoms with Crippen LogP contribution in [0, 0.1) is 5.41 Å². The molecule has 1 aliphatic carbocycles. The van der Waals surface area contributed by atoms with E-state index in [1.165, 1.54) is 0 Å². The number of hydrogen-bond acceptors (Lipinski definition) is 4. The zero-order chi connectivity index (χ0) is 17.5. The van der Waals surface area contributed by atoms with Crippen molar-refractivity contribution in [2.24, 2.45) is 11.1 Å². The van der Waals surface area contributed by atoms with Crippen LogP contribution in [0.25, 0.3) is 0 Å². The number of rotatable bonds is 3. The molecule has 1 saturated carbocycles. The fourth-order valence-corrected chi connectivity index (χ4v) is 4.34. The van der Waals surface area contributed by atoms with Crippen molar-refractivity contribution >= 4 is 11.8 Å². The van der Waals surface area contributed by atoms with Gasteiger partial charge in [0.1, 0.15) is 0 Å². The van der Waals surface area contributed by atoms with E-state index in [0.717, 1.165) is 57.3 Å². The zero-order valence-electron chi connectivity index (χ0n) is 14.6. The Morgan fingerprint density at radius 3 is 2.80 bits per heavy atom. The molecular weight excluding hydrogens is 316 g/mol. The molecule has 25 heavy (non-hydrogen) atoms. The number of amides is 2. The summed E-state index contributed by atoms with van der Waals surface area (Å²) in [6, 6.07) is 3.90. The lowest BCUT2D eigenvalue weighted by Gasteiger charge is -2.48. The maximum absolute atomic E-state index is 12.7. The maximum Gasteiger partial charge on any atom is 0.242 e. The molecule has 2 N–H and O–H groups in total. The van der Waals surface area contributed by atoms with Crippen molar-refractivity contribution in [3.63, 3.8) is 0 Å². The Morgan fingerprint density at radius 2 is 2.08 bits per heavy atom. The molecule has 6 nitrogen and oxygen atoms in total. The third-order valence-corrected chi connectivity index (χ3v) is 6.01. The summed E-state index contributed by atoms with van der Waals surface area (Å²) in [7, 11) is 0. The second kappa shape index (κ2) is 6.09. The number of piperidine rings is 2. The van der Waals surface area contributed by atoms with Gasteiger partial charge in [0.15, 0.2) is 0 Å². The van der Waals surface area contributed by atoms with Crippen LogP contribution in [0.3, 0.4) is 0 Å². The largest absolute Gasteiger partial charge is 0.340 e. The summed E-state index contributed by atoms with van der Waals surface area (Å²) >= 11 is 0. The zero-order valence-corrected chi connectivity index (χ0v) is 14.6. The Bertz CT molecular complexity index is 673. The number of pyridine rings is 1. The fraction of sp³-hybridized carbons (Fsp3) is 0.632. The highest BCUT2D eigenvalue weighted by Gasteiger charge is 2.51. The summed E-state index contributed by atoms with van der Waals surface area (Å²) in [6.45, 7) is 2.86. The summed E-state index contributed by atoms with van der Waals surface area (Å²) in [6.07, 6.45) is 8.68. The smallest absolute Gasteiger partial charge is 0.242 e. The molecule has 2 amide bonds. The van der Waals surface area contributed by atoms with Gasteiger partial charge in [-0.2, -0.15) is 0 Å². The molecule has 1 atom stereocenters. The van der Waals surface area contributed by atoms with Gasteiger partial charge in [0.05, 0.1) is 5.54 Å². The number of nitrogens with zero attached hydrogens (tertiary/aromatic N) is 3. The van der Waals surface area contributed by atoms with Crippen molar-refractivity contribution in [3.05, 3.63) is 30.1 Å². The van der Waals surface area contributed by atoms with Crippen LogP contribution in [0.5, 0.6) is 0 Å². The van der Waals surface area contributed by atoms with E-state index in [4.69, 9.17) is 5.73 Å². The highest BCUT2D eigenvalue weighted by molar-refractivity contribution is 5.89. The highest BCUT2D eigenvalue weighted by atomic mass is 16.2. The minimum Gasteiger partial charge on any atom is -0.340 e. The van der Waals surface area contributed by atoms with E-state index < -0.39 is 5.54 Å². The van der Waals surface area contributed by atoms with Crippen LogP contribution in [0.4, 0.5) is 0 Å². The van der Waals surface area contributed by atoms with Crippen LogP contribution in [-0.2, 0) is 16.1 Å². The third-order valence-electron chi connectivity index (χ3n) is 6.01. The Morgan fingerprint density at radius 1 is 1.24 bits per heavy atom. The number of aromatic nitrogens is 1. The van der Waals surface area contributed by atoms with E-state index in [9.17, 15) is 9.59 Å². The molecule has 1 spiro atoms. The number of carbonyl (C=O) groups excluding carboxylic acids is 2. The van der Waals surface area contributed by atoms with Gasteiger partial charge in [-0.25, -0.2) is 0 Å². The van der Waals surface area contributed by atoms with Crippen LogP contribution >= 0.6 is 0 Å². The van der Waals surface area contributed by atoms with Crippen molar-refractivity contribution in [1.29, 1.82) is 0 Å². The molecule has 3 fully saturated rings. The normalized spacial score (nSPS) is 28.3. The van der Waals surface area contributed by atoms with Gasteiger partial charge in [0.25, 0.3) is 0 Å². The second-order valence-corrected chi connectivity index (χ2v) is 8.10. The predicted octanol–water partition coefficient (Wildman–Crippen LogP) is 1.30. The number of likely N-dealkylation sites (tertiary alicyclic amines) is 2. The van der Waals surface area contributed by atoms with E-state index in [1.807, 2.05) is 28.1 Å². The summed E-state index contributed by atoms with van der Waals surface area (Å²) < 4.78 is 0. The standard InChI is InChI=1S/C19H26N4O2/c20-19(7-8-19)17(25)22-10-2-5-18(13-22)6-4-16(24)23(14-18)12-15-3-1-9-21-11-15/h1,3,9,11H,2,4-8,10,12-14,20H2/t18-/m1/s1. The van der Waals surface area contributed by atoms with E-state index in [-0.39, 0.29) is 17.2 Å². The van der Waals surface area contributed by atoms with Crippen LogP contribution in [0.2, 0.25) is 0 Å². The topological polar surface area (TPSA) is 79.5 Å². The Kier molecular flexibility index (Phi) is 4.02. The first kappa shape index (κ1) is 16.5. The monoisotopic (exact) mass is 342 g/mol. The van der Waals surface area contributed by atoms with Gasteiger partial charge in [-0.05, 0) is 43.7 Å². The number of nitrogens with two attached hydrogens (primary N) is 1. The van der Waals surface area contributed by atoms with Gasteiger partial charge in [-0.3, -0.25) is 14.6 Å². The van der Waals surface area contributed by atoms with Crippen LogP contribution in [0.1, 0.15) is 44.1 Å². The highest BCUT2D eigenvalue weighted by Crippen LogP contribution is 2.42. The Hall–Kier alpha value is -1.95. The molecule has 0 radical (unpaired) electrons. The first-order valence-corrected chi connectivity index (χ1v) is 9.25. The van der Waals surface area contributed by atoms with Gasteiger partial charge >= 0.3 is 0 Å². The minimum atomic E-state index is -0.599. The predicted molar refractivity (Wildman–Crippen MR) is 93.3 cm³/mol. The maximum atomic E-state index is 12.7. The van der Waals surface area contributed by atoms with E-state index in [0.29, 0.717) is 13.0 Å². The average molecular weight is 342 g/mol. The molecule has 2 aliphatic heterocycles. The molecule has 2 saturated heterocycles. The lowest BCUT2D eigenvalue weighted by molar-refractivity contribution is -0.144. The molecular formula is C19H26N4O2. The molecule has 0 aromatic carbocycles. The van der Waals surface area contributed by atoms with Crippen molar-refractivity contribution in [1.82, 2.24) is 14.8 Å². The first-order valence-electron chi connectivity index (χ1n) is 9.25. The van der Waals surface area contributed by atoms with Gasteiger partial charge in [-0.1, -0.05) is 6.07 Å². The third kappa shape index (κ3) is 3.27. The van der Waals surface area contributed by atoms with Crippen LogP contribution in [0.15, 0.2) is 24.5 Å². The first-order chi connectivity index (χ1) is 12.0. The van der Waals surface area contributed by atoms with E-state index in [2.05, 4.69) is 4.98 Å². The van der Waals surface area contributed by atoms with Gasteiger partial charge in [0.2, 0.25) is 11.8 Å². The van der Waals surface area contributed by atoms with E-state index in [1.54, 1.807) is 6.20 Å². The lowest BCUT2D eigenvalue weighted by Crippen LogP contribution is -2.57. The SMILES string of the molecule is NC1(C(=O)N2CCC[C@@]3(CCC(=O)N(Cc4cccnc4)C3)C2)CC1. The van der Waals surface area contributed by atoms with Crippen molar-refractivity contribution in [2.75, 3.05) is 19.6 Å². The van der Waals surface area contributed by atoms with Crippen LogP contribution < -0.4 is 5.73 Å². The van der Waals surface area contributed by atoms with Gasteiger partial charge in [0, 0.05) is 50.4 Å². The summed E-state index contributed by atoms with van der Waals surface area (Å²) in [5.74, 6) is 0.317. The molecule has 1 aromatic heterocycles. The molecule has 1 aromatic rings. The van der Waals surface area contributed by atoms with Crippen molar-refractivity contribution < 1.29 is 9.59 Å². The molecule has 6 heteroatoms.